The Bertz CT molecular complexity index is 1660. The highest BCUT2D eigenvalue weighted by Crippen LogP contribution is 2.41. The highest BCUT2D eigenvalue weighted by atomic mass is 14.2. The van der Waals surface area contributed by atoms with Crippen LogP contribution in [-0.2, 0) is 6.42 Å². The minimum atomic E-state index is 1.12. The van der Waals surface area contributed by atoms with Gasteiger partial charge in [-0.15, -0.1) is 0 Å². The smallest absolute Gasteiger partial charge is 0.0116 e. The highest BCUT2D eigenvalue weighted by molar-refractivity contribution is 5.87. The van der Waals surface area contributed by atoms with E-state index >= 15 is 0 Å². The predicted molar refractivity (Wildman–Crippen MR) is 175 cm³/mol. The van der Waals surface area contributed by atoms with E-state index < -0.39 is 0 Å². The van der Waals surface area contributed by atoms with Gasteiger partial charge in [0, 0.05) is 0 Å². The van der Waals surface area contributed by atoms with Gasteiger partial charge in [-0.2, -0.15) is 0 Å². The molecule has 0 saturated heterocycles. The highest BCUT2D eigenvalue weighted by Gasteiger charge is 2.18. The molecule has 0 nitrogen and oxygen atoms in total. The van der Waals surface area contributed by atoms with Crippen molar-refractivity contribution in [3.63, 3.8) is 0 Å². The molecule has 5 rings (SSSR count). The van der Waals surface area contributed by atoms with Gasteiger partial charge in [0.25, 0.3) is 0 Å². The molecule has 202 valence electrons. The first-order valence-corrected chi connectivity index (χ1v) is 14.8. The summed E-state index contributed by atoms with van der Waals surface area (Å²) in [5.41, 5.74) is 20.0. The van der Waals surface area contributed by atoms with Crippen molar-refractivity contribution in [2.24, 2.45) is 0 Å². The minimum absolute atomic E-state index is 1.12. The van der Waals surface area contributed by atoms with E-state index in [0.717, 1.165) is 6.42 Å². The van der Waals surface area contributed by atoms with Gasteiger partial charge in [-0.3, -0.25) is 0 Å². The molecule has 0 spiro atoms. The Morgan fingerprint density at radius 2 is 1.15 bits per heavy atom. The Hall–Kier alpha value is -3.90. The molecule has 5 aromatic rings. The Morgan fingerprint density at radius 1 is 0.475 bits per heavy atom. The molecule has 40 heavy (non-hydrogen) atoms. The summed E-state index contributed by atoms with van der Waals surface area (Å²) in [5.74, 6) is 0. The van der Waals surface area contributed by atoms with Crippen LogP contribution in [0.4, 0.5) is 0 Å². The molecule has 0 saturated carbocycles. The van der Waals surface area contributed by atoms with Crippen LogP contribution < -0.4 is 0 Å². The van der Waals surface area contributed by atoms with E-state index in [-0.39, 0.29) is 0 Å². The van der Waals surface area contributed by atoms with Crippen molar-refractivity contribution in [1.82, 2.24) is 0 Å². The second-order valence-corrected chi connectivity index (χ2v) is 11.6. The average Bonchev–Trinajstić information content (AvgIpc) is 2.94. The van der Waals surface area contributed by atoms with Crippen LogP contribution in [0, 0.1) is 41.5 Å². The molecule has 0 aliphatic rings. The molecule has 5 aromatic carbocycles. The third kappa shape index (κ3) is 5.41. The topological polar surface area (TPSA) is 0 Å². The Labute approximate surface area is 241 Å². The zero-order valence-corrected chi connectivity index (χ0v) is 25.3. The number of hydrogen-bond acceptors (Lipinski definition) is 0. The van der Waals surface area contributed by atoms with Gasteiger partial charge >= 0.3 is 0 Å². The molecular weight excluding hydrogens is 480 g/mol. The third-order valence-corrected chi connectivity index (χ3v) is 8.54. The van der Waals surface area contributed by atoms with Crippen LogP contribution in [0.1, 0.15) is 58.7 Å². The summed E-state index contributed by atoms with van der Waals surface area (Å²) in [6.07, 6.45) is 3.53. The summed E-state index contributed by atoms with van der Waals surface area (Å²) in [5, 5.41) is 0. The SMILES string of the molecule is CCCCc1cc(C)c(-c2c(C)ccc(-c3cc(-c4ccc(C)cc4)ccc3C)c2C)cc1-c1ccccc1C. The van der Waals surface area contributed by atoms with Gasteiger partial charge in [-0.1, -0.05) is 97.8 Å². The van der Waals surface area contributed by atoms with Crippen LogP contribution in [-0.4, -0.2) is 0 Å². The Balaban J connectivity index is 1.69. The molecular formula is C40H42. The second-order valence-electron chi connectivity index (χ2n) is 11.6. The number of rotatable bonds is 7. The van der Waals surface area contributed by atoms with Crippen molar-refractivity contribution in [3.05, 3.63) is 130 Å². The monoisotopic (exact) mass is 522 g/mol. The molecule has 0 aromatic heterocycles. The van der Waals surface area contributed by atoms with Gasteiger partial charge in [0.1, 0.15) is 0 Å². The number of benzene rings is 5. The van der Waals surface area contributed by atoms with Gasteiger partial charge in [-0.25, -0.2) is 0 Å². The van der Waals surface area contributed by atoms with Crippen LogP contribution in [0.3, 0.4) is 0 Å². The maximum absolute atomic E-state index is 2.48. The fourth-order valence-corrected chi connectivity index (χ4v) is 6.13. The lowest BCUT2D eigenvalue weighted by Gasteiger charge is -2.21. The van der Waals surface area contributed by atoms with Crippen molar-refractivity contribution in [1.29, 1.82) is 0 Å². The van der Waals surface area contributed by atoms with E-state index in [0.29, 0.717) is 0 Å². The van der Waals surface area contributed by atoms with E-state index in [1.165, 1.54) is 96.3 Å². The molecule has 0 N–H and O–H groups in total. The van der Waals surface area contributed by atoms with E-state index in [4.69, 9.17) is 0 Å². The lowest BCUT2D eigenvalue weighted by Crippen LogP contribution is -1.99. The fourth-order valence-electron chi connectivity index (χ4n) is 6.13. The van der Waals surface area contributed by atoms with Gasteiger partial charge < -0.3 is 0 Å². The lowest BCUT2D eigenvalue weighted by atomic mass is 9.83. The van der Waals surface area contributed by atoms with Crippen LogP contribution >= 0.6 is 0 Å². The van der Waals surface area contributed by atoms with Crippen LogP contribution in [0.2, 0.25) is 0 Å². The van der Waals surface area contributed by atoms with Gasteiger partial charge in [-0.05, 0) is 144 Å². The average molecular weight is 523 g/mol. The van der Waals surface area contributed by atoms with E-state index in [9.17, 15) is 0 Å². The molecule has 0 bridgehead atoms. The Kier molecular flexibility index (Phi) is 8.08. The van der Waals surface area contributed by atoms with Crippen LogP contribution in [0.15, 0.2) is 91.0 Å². The molecule has 0 aliphatic carbocycles. The standard InChI is InChI=1S/C40H42/c1-8-9-13-34-23-30(6)38(25-39(34)35-14-11-10-12-27(35)3)40-29(5)18-22-36(31(40)7)37-24-33(21-17-28(37)4)32-19-15-26(2)16-20-32/h10-12,14-25H,8-9,13H2,1-7H3. The van der Waals surface area contributed by atoms with E-state index in [1.807, 2.05) is 0 Å². The summed E-state index contributed by atoms with van der Waals surface area (Å²) >= 11 is 0. The lowest BCUT2D eigenvalue weighted by molar-refractivity contribution is 0.795. The van der Waals surface area contributed by atoms with E-state index in [2.05, 4.69) is 139 Å². The maximum atomic E-state index is 2.48. The van der Waals surface area contributed by atoms with Crippen molar-refractivity contribution in [3.8, 4) is 44.5 Å². The van der Waals surface area contributed by atoms with Gasteiger partial charge in [0.15, 0.2) is 0 Å². The summed E-state index contributed by atoms with van der Waals surface area (Å²) in [6, 6.07) is 34.2. The molecule has 0 radical (unpaired) electrons. The van der Waals surface area contributed by atoms with Crippen LogP contribution in [0.25, 0.3) is 44.5 Å². The first-order valence-electron chi connectivity index (χ1n) is 14.8. The third-order valence-electron chi connectivity index (χ3n) is 8.54. The fraction of sp³-hybridized carbons (Fsp3) is 0.250. The summed E-state index contributed by atoms with van der Waals surface area (Å²) < 4.78 is 0. The molecule has 0 atom stereocenters. The first-order chi connectivity index (χ1) is 19.3. The largest absolute Gasteiger partial charge is 0.0654 e. The zero-order chi connectivity index (χ0) is 28.4. The number of hydrogen-bond donors (Lipinski definition) is 0. The molecule has 0 aliphatic heterocycles. The predicted octanol–water partition coefficient (Wildman–Crippen LogP) is 11.5. The summed E-state index contributed by atoms with van der Waals surface area (Å²) in [4.78, 5) is 0. The molecule has 0 heterocycles. The number of unbranched alkanes of at least 4 members (excludes halogenated alkanes) is 1. The molecule has 0 fully saturated rings. The normalized spacial score (nSPS) is 11.2. The summed E-state index contributed by atoms with van der Waals surface area (Å²) in [7, 11) is 0. The summed E-state index contributed by atoms with van der Waals surface area (Å²) in [6.45, 7) is 15.8. The molecule has 0 heteroatoms. The second kappa shape index (κ2) is 11.7. The first kappa shape index (κ1) is 27.7. The minimum Gasteiger partial charge on any atom is -0.0654 e. The van der Waals surface area contributed by atoms with Crippen molar-refractivity contribution in [2.45, 2.75) is 67.7 Å². The molecule has 0 unspecified atom stereocenters. The number of aryl methyl sites for hydroxylation is 6. The van der Waals surface area contributed by atoms with Gasteiger partial charge in [0.05, 0.1) is 0 Å². The zero-order valence-electron chi connectivity index (χ0n) is 25.3. The van der Waals surface area contributed by atoms with Crippen LogP contribution in [0.5, 0.6) is 0 Å². The van der Waals surface area contributed by atoms with Crippen molar-refractivity contribution in [2.75, 3.05) is 0 Å². The van der Waals surface area contributed by atoms with Gasteiger partial charge in [0.2, 0.25) is 0 Å². The van der Waals surface area contributed by atoms with Crippen molar-refractivity contribution >= 4 is 0 Å². The maximum Gasteiger partial charge on any atom is -0.0116 e. The Morgan fingerprint density at radius 3 is 1.88 bits per heavy atom. The van der Waals surface area contributed by atoms with E-state index in [1.54, 1.807) is 0 Å². The quantitative estimate of drug-likeness (QED) is 0.199. The van der Waals surface area contributed by atoms with Crippen molar-refractivity contribution < 1.29 is 0 Å². The molecule has 0 amide bonds.